The Morgan fingerprint density at radius 1 is 1.03 bits per heavy atom. The summed E-state index contributed by atoms with van der Waals surface area (Å²) in [7, 11) is 0. The molecule has 3 N–H and O–H groups in total. The van der Waals surface area contributed by atoms with Gasteiger partial charge in [-0.15, -0.1) is 0 Å². The summed E-state index contributed by atoms with van der Waals surface area (Å²) in [6, 6.07) is 5.61. The number of carbonyl (C=O) groups excluding carboxylic acids is 2. The molecule has 0 radical (unpaired) electrons. The average molecular weight is 423 g/mol. The van der Waals surface area contributed by atoms with Gasteiger partial charge in [0.15, 0.2) is 0 Å². The third-order valence-electron chi connectivity index (χ3n) is 5.31. The van der Waals surface area contributed by atoms with Crippen molar-refractivity contribution in [2.75, 3.05) is 0 Å². The van der Waals surface area contributed by atoms with E-state index < -0.39 is 17.9 Å². The molecule has 7 heteroatoms. The van der Waals surface area contributed by atoms with Crippen LogP contribution >= 0.6 is 11.6 Å². The first-order chi connectivity index (χ1) is 14.0. The zero-order valence-corrected chi connectivity index (χ0v) is 17.5. The van der Waals surface area contributed by atoms with Crippen LogP contribution in [0, 0.1) is 0 Å². The molecule has 1 aromatic rings. The second-order valence-electron chi connectivity index (χ2n) is 7.73. The molecule has 0 heterocycles. The molecule has 0 bridgehead atoms. The quantitative estimate of drug-likeness (QED) is 0.610. The van der Waals surface area contributed by atoms with E-state index in [-0.39, 0.29) is 24.8 Å². The van der Waals surface area contributed by atoms with E-state index >= 15 is 0 Å². The Balaban J connectivity index is 2.01. The molecule has 0 saturated heterocycles. The lowest BCUT2D eigenvalue weighted by atomic mass is 9.97. The summed E-state index contributed by atoms with van der Waals surface area (Å²) in [5, 5.41) is 15.2. The van der Waals surface area contributed by atoms with Crippen molar-refractivity contribution in [3.05, 3.63) is 34.9 Å². The van der Waals surface area contributed by atoms with Crippen LogP contribution in [0.25, 0.3) is 0 Å². The summed E-state index contributed by atoms with van der Waals surface area (Å²) < 4.78 is 0. The second-order valence-corrected chi connectivity index (χ2v) is 8.16. The smallest absolute Gasteiger partial charge is 0.303 e. The van der Waals surface area contributed by atoms with Gasteiger partial charge in [-0.25, -0.2) is 0 Å². The average Bonchev–Trinajstić information content (AvgIpc) is 2.69. The van der Waals surface area contributed by atoms with Crippen molar-refractivity contribution in [2.45, 2.75) is 82.7 Å². The molecule has 1 aliphatic rings. The number of hydrogen-bond acceptors (Lipinski definition) is 3. The monoisotopic (exact) mass is 422 g/mol. The van der Waals surface area contributed by atoms with Crippen molar-refractivity contribution in [3.63, 3.8) is 0 Å². The lowest BCUT2D eigenvalue weighted by molar-refractivity contribution is -0.137. The van der Waals surface area contributed by atoms with Crippen LogP contribution in [0.4, 0.5) is 0 Å². The number of benzene rings is 1. The number of rotatable bonds is 7. The summed E-state index contributed by atoms with van der Waals surface area (Å²) in [4.78, 5) is 36.4. The number of halogens is 1. The van der Waals surface area contributed by atoms with Crippen LogP contribution in [0.5, 0.6) is 0 Å². The number of carboxylic acids is 1. The highest BCUT2D eigenvalue weighted by Crippen LogP contribution is 2.17. The van der Waals surface area contributed by atoms with Gasteiger partial charge < -0.3 is 15.7 Å². The van der Waals surface area contributed by atoms with Crippen LogP contribution in [0.2, 0.25) is 5.02 Å². The van der Waals surface area contributed by atoms with Gasteiger partial charge in [0.1, 0.15) is 6.04 Å². The highest BCUT2D eigenvalue weighted by atomic mass is 35.5. The van der Waals surface area contributed by atoms with Gasteiger partial charge >= 0.3 is 5.97 Å². The first kappa shape index (κ1) is 23.2. The Labute approximate surface area is 177 Å². The van der Waals surface area contributed by atoms with Crippen LogP contribution in [0.3, 0.4) is 0 Å². The van der Waals surface area contributed by atoms with E-state index in [1.54, 1.807) is 18.2 Å². The van der Waals surface area contributed by atoms with E-state index in [0.717, 1.165) is 25.7 Å². The van der Waals surface area contributed by atoms with Crippen LogP contribution in [-0.4, -0.2) is 35.0 Å². The van der Waals surface area contributed by atoms with Gasteiger partial charge in [-0.1, -0.05) is 62.6 Å². The molecule has 1 aromatic carbocycles. The van der Waals surface area contributed by atoms with E-state index in [9.17, 15) is 14.4 Å². The number of nitrogens with one attached hydrogen (secondary N) is 2. The number of amides is 2. The molecule has 1 aliphatic carbocycles. The van der Waals surface area contributed by atoms with E-state index in [0.29, 0.717) is 10.6 Å². The van der Waals surface area contributed by atoms with Gasteiger partial charge in [0.25, 0.3) is 5.91 Å². The molecule has 0 aliphatic heterocycles. The summed E-state index contributed by atoms with van der Waals surface area (Å²) in [5.74, 6) is -1.76. The van der Waals surface area contributed by atoms with E-state index in [1.165, 1.54) is 38.2 Å². The number of hydrogen-bond donors (Lipinski definition) is 3. The summed E-state index contributed by atoms with van der Waals surface area (Å²) in [6.45, 7) is 0. The molecule has 2 rings (SSSR count). The lowest BCUT2D eigenvalue weighted by Gasteiger charge is -2.24. The second kappa shape index (κ2) is 12.5. The van der Waals surface area contributed by atoms with Crippen molar-refractivity contribution < 1.29 is 19.5 Å². The predicted molar refractivity (Wildman–Crippen MR) is 113 cm³/mol. The molecular formula is C22H31ClN2O4. The van der Waals surface area contributed by atoms with Gasteiger partial charge in [-0.05, 0) is 37.5 Å². The van der Waals surface area contributed by atoms with Crippen LogP contribution in [0.15, 0.2) is 24.3 Å². The molecule has 0 unspecified atom stereocenters. The number of carboxylic acid groups (broad SMARTS) is 1. The van der Waals surface area contributed by atoms with Crippen LogP contribution in [-0.2, 0) is 9.59 Å². The van der Waals surface area contributed by atoms with Gasteiger partial charge in [0.05, 0.1) is 0 Å². The Hall–Kier alpha value is -2.08. The maximum Gasteiger partial charge on any atom is 0.303 e. The first-order valence-corrected chi connectivity index (χ1v) is 10.9. The zero-order valence-electron chi connectivity index (χ0n) is 16.8. The van der Waals surface area contributed by atoms with Crippen molar-refractivity contribution >= 4 is 29.4 Å². The standard InChI is InChI=1S/C22H31ClN2O4/c23-17-10-8-9-16(15-17)21(28)25-19(13-14-20(26)27)22(29)24-18-11-6-4-2-1-3-5-7-12-18/h8-10,15,18-19H,1-7,11-14H2,(H,24,29)(H,25,28)(H,26,27)/t19-/m1/s1. The molecule has 0 aromatic heterocycles. The third-order valence-corrected chi connectivity index (χ3v) is 5.54. The van der Waals surface area contributed by atoms with Gasteiger partial charge in [-0.2, -0.15) is 0 Å². The van der Waals surface area contributed by atoms with Crippen molar-refractivity contribution in [2.24, 2.45) is 0 Å². The Morgan fingerprint density at radius 3 is 2.24 bits per heavy atom. The molecule has 6 nitrogen and oxygen atoms in total. The van der Waals surface area contributed by atoms with Crippen molar-refractivity contribution in [1.29, 1.82) is 0 Å². The molecule has 2 amide bonds. The minimum atomic E-state index is -1.00. The fourth-order valence-electron chi connectivity index (χ4n) is 3.66. The predicted octanol–water partition coefficient (Wildman–Crippen LogP) is 4.31. The normalized spacial score (nSPS) is 17.1. The van der Waals surface area contributed by atoms with E-state index in [2.05, 4.69) is 10.6 Å². The largest absolute Gasteiger partial charge is 0.481 e. The Bertz CT molecular complexity index is 685. The minimum absolute atomic E-state index is 0.0419. The van der Waals surface area contributed by atoms with Crippen LogP contribution < -0.4 is 10.6 Å². The van der Waals surface area contributed by atoms with Gasteiger partial charge in [0.2, 0.25) is 5.91 Å². The summed E-state index contributed by atoms with van der Waals surface area (Å²) >= 11 is 5.94. The van der Waals surface area contributed by atoms with Gasteiger partial charge in [-0.3, -0.25) is 14.4 Å². The van der Waals surface area contributed by atoms with E-state index in [4.69, 9.17) is 16.7 Å². The molecule has 0 spiro atoms. The van der Waals surface area contributed by atoms with Crippen molar-refractivity contribution in [1.82, 2.24) is 10.6 Å². The summed E-state index contributed by atoms with van der Waals surface area (Å²) in [6.07, 6.45) is 9.90. The number of aliphatic carboxylic acids is 1. The first-order valence-electron chi connectivity index (χ1n) is 10.5. The highest BCUT2D eigenvalue weighted by molar-refractivity contribution is 6.31. The Morgan fingerprint density at radius 2 is 1.66 bits per heavy atom. The van der Waals surface area contributed by atoms with Crippen molar-refractivity contribution in [3.8, 4) is 0 Å². The molecule has 29 heavy (non-hydrogen) atoms. The highest BCUT2D eigenvalue weighted by Gasteiger charge is 2.24. The zero-order chi connectivity index (χ0) is 21.1. The molecule has 1 fully saturated rings. The van der Waals surface area contributed by atoms with Crippen LogP contribution in [0.1, 0.15) is 81.0 Å². The maximum atomic E-state index is 12.9. The third kappa shape index (κ3) is 8.86. The maximum absolute atomic E-state index is 12.9. The molecule has 1 saturated carbocycles. The topological polar surface area (TPSA) is 95.5 Å². The molecule has 1 atom stereocenters. The van der Waals surface area contributed by atoms with Gasteiger partial charge in [0, 0.05) is 23.0 Å². The fourth-order valence-corrected chi connectivity index (χ4v) is 3.85. The minimum Gasteiger partial charge on any atom is -0.481 e. The molecule has 160 valence electrons. The van der Waals surface area contributed by atoms with E-state index in [1.807, 2.05) is 0 Å². The summed E-state index contributed by atoms with van der Waals surface area (Å²) in [5.41, 5.74) is 0.337. The Kier molecular flexibility index (Phi) is 9.98. The molecular weight excluding hydrogens is 392 g/mol. The SMILES string of the molecule is O=C(O)CC[C@@H](NC(=O)c1cccc(Cl)c1)C(=O)NC1CCCCCCCCC1. The fraction of sp³-hybridized carbons (Fsp3) is 0.591. The lowest BCUT2D eigenvalue weighted by Crippen LogP contribution is -2.49. The number of carbonyl (C=O) groups is 3.